The summed E-state index contributed by atoms with van der Waals surface area (Å²) in [6.07, 6.45) is 1.04. The van der Waals surface area contributed by atoms with Gasteiger partial charge in [-0.1, -0.05) is 12.1 Å². The molecule has 2 aromatic rings. The molecule has 0 bridgehead atoms. The molecule has 1 N–H and O–H groups in total. The molecule has 0 unspecified atom stereocenters. The molecule has 20 heavy (non-hydrogen) atoms. The number of hydrogen-bond acceptors (Lipinski definition) is 0. The summed E-state index contributed by atoms with van der Waals surface area (Å²) in [5.41, 5.74) is 4.08. The van der Waals surface area contributed by atoms with Gasteiger partial charge in [0.15, 0.2) is 0 Å². The molecular formula is C16H16F3N. The van der Waals surface area contributed by atoms with E-state index < -0.39 is 11.7 Å². The van der Waals surface area contributed by atoms with Gasteiger partial charge >= 0.3 is 6.18 Å². The van der Waals surface area contributed by atoms with E-state index in [9.17, 15) is 13.2 Å². The number of aryl methyl sites for hydroxylation is 2. The van der Waals surface area contributed by atoms with E-state index >= 15 is 0 Å². The summed E-state index contributed by atoms with van der Waals surface area (Å²) in [5.74, 6) is 0. The lowest BCUT2D eigenvalue weighted by Gasteiger charge is -2.09. The highest BCUT2D eigenvalue weighted by atomic mass is 19.4. The van der Waals surface area contributed by atoms with Gasteiger partial charge < -0.3 is 4.98 Å². The van der Waals surface area contributed by atoms with Crippen LogP contribution in [0.4, 0.5) is 13.2 Å². The first kappa shape index (κ1) is 13.3. The van der Waals surface area contributed by atoms with Gasteiger partial charge in [0.25, 0.3) is 0 Å². The second-order valence-corrected chi connectivity index (χ2v) is 5.38. The molecule has 0 aliphatic heterocycles. The summed E-state index contributed by atoms with van der Waals surface area (Å²) in [4.78, 5) is 3.40. The summed E-state index contributed by atoms with van der Waals surface area (Å²) < 4.78 is 37.5. The van der Waals surface area contributed by atoms with Crippen LogP contribution in [-0.2, 0) is 25.4 Å². The molecule has 1 aromatic heterocycles. The van der Waals surface area contributed by atoms with E-state index in [0.717, 1.165) is 36.2 Å². The number of rotatable bonds is 2. The van der Waals surface area contributed by atoms with Crippen molar-refractivity contribution in [1.29, 1.82) is 0 Å². The topological polar surface area (TPSA) is 15.8 Å². The molecule has 4 heteroatoms. The zero-order valence-corrected chi connectivity index (χ0v) is 11.1. The summed E-state index contributed by atoms with van der Waals surface area (Å²) in [6, 6.07) is 7.58. The maximum Gasteiger partial charge on any atom is 0.416 e. The van der Waals surface area contributed by atoms with Gasteiger partial charge in [-0.3, -0.25) is 0 Å². The summed E-state index contributed by atoms with van der Waals surface area (Å²) >= 11 is 0. The van der Waals surface area contributed by atoms with Crippen molar-refractivity contribution >= 4 is 0 Å². The van der Waals surface area contributed by atoms with Gasteiger partial charge in [0.1, 0.15) is 0 Å². The number of nitrogens with one attached hydrogen (secondary N) is 1. The van der Waals surface area contributed by atoms with Crippen molar-refractivity contribution in [3.05, 3.63) is 58.4 Å². The molecule has 0 spiro atoms. The third kappa shape index (κ3) is 2.74. The Balaban J connectivity index is 1.76. The van der Waals surface area contributed by atoms with Crippen molar-refractivity contribution in [2.75, 3.05) is 0 Å². The van der Waals surface area contributed by atoms with Crippen molar-refractivity contribution in [2.45, 2.75) is 38.3 Å². The first-order valence-corrected chi connectivity index (χ1v) is 6.88. The minimum absolute atomic E-state index is 0.591. The Bertz CT molecular complexity index is 570. The zero-order chi connectivity index (χ0) is 14.2. The summed E-state index contributed by atoms with van der Waals surface area (Å²) in [6.45, 7) is 0. The Morgan fingerprint density at radius 3 is 2.35 bits per heavy atom. The minimum Gasteiger partial charge on any atom is -0.362 e. The molecule has 0 fully saturated rings. The van der Waals surface area contributed by atoms with Gasteiger partial charge in [-0.2, -0.15) is 13.2 Å². The minimum atomic E-state index is -4.26. The van der Waals surface area contributed by atoms with Crippen molar-refractivity contribution in [2.24, 2.45) is 0 Å². The Kier molecular flexibility index (Phi) is 3.32. The van der Waals surface area contributed by atoms with E-state index in [2.05, 4.69) is 11.1 Å². The van der Waals surface area contributed by atoms with E-state index in [4.69, 9.17) is 0 Å². The molecule has 1 nitrogen and oxygen atoms in total. The largest absolute Gasteiger partial charge is 0.416 e. The molecule has 106 valence electrons. The normalized spacial score (nSPS) is 15.2. The first-order valence-electron chi connectivity index (χ1n) is 6.88. The Morgan fingerprint density at radius 2 is 1.70 bits per heavy atom. The average Bonchev–Trinajstić information content (AvgIpc) is 2.80. The van der Waals surface area contributed by atoms with Crippen molar-refractivity contribution in [1.82, 2.24) is 4.98 Å². The fourth-order valence-electron chi connectivity index (χ4n) is 2.80. The number of halogens is 3. The Labute approximate surface area is 115 Å². The predicted molar refractivity (Wildman–Crippen MR) is 71.7 cm³/mol. The van der Waals surface area contributed by atoms with Crippen LogP contribution < -0.4 is 0 Å². The van der Waals surface area contributed by atoms with Crippen molar-refractivity contribution in [3.8, 4) is 0 Å². The third-order valence-corrected chi connectivity index (χ3v) is 3.85. The number of aromatic nitrogens is 1. The predicted octanol–water partition coefficient (Wildman–Crippen LogP) is 4.50. The lowest BCUT2D eigenvalue weighted by Crippen LogP contribution is -2.04. The number of hydrogen-bond donors (Lipinski definition) is 1. The van der Waals surface area contributed by atoms with Crippen LogP contribution in [0.1, 0.15) is 40.9 Å². The van der Waals surface area contributed by atoms with Crippen molar-refractivity contribution in [3.63, 3.8) is 0 Å². The number of alkyl halides is 3. The van der Waals surface area contributed by atoms with Crippen LogP contribution in [0.3, 0.4) is 0 Å². The van der Waals surface area contributed by atoms with E-state index in [1.807, 2.05) is 0 Å². The molecular weight excluding hydrogens is 263 g/mol. The van der Waals surface area contributed by atoms with Crippen LogP contribution in [-0.4, -0.2) is 4.98 Å². The maximum atomic E-state index is 12.5. The molecule has 3 rings (SSSR count). The molecule has 1 aromatic carbocycles. The van der Waals surface area contributed by atoms with Crippen molar-refractivity contribution < 1.29 is 13.2 Å². The highest BCUT2D eigenvalue weighted by Gasteiger charge is 2.29. The number of benzene rings is 1. The quantitative estimate of drug-likeness (QED) is 0.833. The van der Waals surface area contributed by atoms with Gasteiger partial charge in [0.05, 0.1) is 5.56 Å². The second-order valence-electron chi connectivity index (χ2n) is 5.38. The van der Waals surface area contributed by atoms with Crippen LogP contribution in [0.2, 0.25) is 0 Å². The fraction of sp³-hybridized carbons (Fsp3) is 0.375. The Morgan fingerprint density at radius 1 is 1.00 bits per heavy atom. The van der Waals surface area contributed by atoms with Gasteiger partial charge in [-0.25, -0.2) is 0 Å². The molecule has 1 heterocycles. The van der Waals surface area contributed by atoms with E-state index in [-0.39, 0.29) is 0 Å². The van der Waals surface area contributed by atoms with Crippen LogP contribution in [0.5, 0.6) is 0 Å². The highest BCUT2D eigenvalue weighted by molar-refractivity contribution is 5.33. The molecule has 0 saturated heterocycles. The second kappa shape index (κ2) is 5.00. The standard InChI is InChI=1S/C16H16F3N/c17-16(18,19)13-7-5-11(6-8-13)9-14-10-12-3-1-2-4-15(12)20-14/h5-8,10,20H,1-4,9H2. The van der Waals surface area contributed by atoms with E-state index in [1.54, 1.807) is 12.1 Å². The number of aromatic amines is 1. The van der Waals surface area contributed by atoms with Gasteiger partial charge in [-0.05, 0) is 55.0 Å². The molecule has 0 saturated carbocycles. The first-order chi connectivity index (χ1) is 9.52. The third-order valence-electron chi connectivity index (χ3n) is 3.85. The molecule has 0 atom stereocenters. The molecule has 0 amide bonds. The van der Waals surface area contributed by atoms with Crippen LogP contribution >= 0.6 is 0 Å². The van der Waals surface area contributed by atoms with E-state index in [0.29, 0.717) is 6.42 Å². The smallest absolute Gasteiger partial charge is 0.362 e. The monoisotopic (exact) mass is 279 g/mol. The molecule has 0 radical (unpaired) electrons. The number of H-pyrrole nitrogens is 1. The summed E-state index contributed by atoms with van der Waals surface area (Å²) in [7, 11) is 0. The van der Waals surface area contributed by atoms with Gasteiger partial charge in [0.2, 0.25) is 0 Å². The Hall–Kier alpha value is -1.71. The zero-order valence-electron chi connectivity index (χ0n) is 11.1. The molecule has 1 aliphatic carbocycles. The fourth-order valence-corrected chi connectivity index (χ4v) is 2.80. The van der Waals surface area contributed by atoms with Crippen LogP contribution in [0.15, 0.2) is 30.3 Å². The van der Waals surface area contributed by atoms with Gasteiger partial charge in [-0.15, -0.1) is 0 Å². The maximum absolute atomic E-state index is 12.5. The highest BCUT2D eigenvalue weighted by Crippen LogP contribution is 2.29. The number of fused-ring (bicyclic) bond motifs is 1. The SMILES string of the molecule is FC(F)(F)c1ccc(Cc2cc3c([nH]2)CCCC3)cc1. The average molecular weight is 279 g/mol. The van der Waals surface area contributed by atoms with Crippen LogP contribution in [0.25, 0.3) is 0 Å². The van der Waals surface area contributed by atoms with E-state index in [1.165, 1.54) is 24.1 Å². The summed E-state index contributed by atoms with van der Waals surface area (Å²) in [5, 5.41) is 0. The lowest BCUT2D eigenvalue weighted by molar-refractivity contribution is -0.137. The van der Waals surface area contributed by atoms with Crippen LogP contribution in [0, 0.1) is 0 Å². The molecule has 1 aliphatic rings. The lowest BCUT2D eigenvalue weighted by atomic mass is 9.98. The van der Waals surface area contributed by atoms with Gasteiger partial charge in [0, 0.05) is 17.8 Å².